The Kier molecular flexibility index (Phi) is 4.04. The van der Waals surface area contributed by atoms with Gasteiger partial charge in [-0.15, -0.1) is 0 Å². The molecule has 1 atom stereocenters. The highest BCUT2D eigenvalue weighted by Gasteiger charge is 2.24. The Labute approximate surface area is 110 Å². The zero-order valence-corrected chi connectivity index (χ0v) is 10.9. The van der Waals surface area contributed by atoms with Gasteiger partial charge in [-0.2, -0.15) is 0 Å². The molecular formula is C12H15ClN2O3. The Bertz CT molecular complexity index is 453. The molecule has 1 unspecified atom stereocenters. The molecule has 2 rings (SSSR count). The number of nitrogens with zero attached hydrogens (tertiary/aromatic N) is 2. The van der Waals surface area contributed by atoms with Crippen molar-refractivity contribution in [3.05, 3.63) is 22.8 Å². The zero-order valence-electron chi connectivity index (χ0n) is 10.1. The molecule has 0 bridgehead atoms. The summed E-state index contributed by atoms with van der Waals surface area (Å²) in [5.41, 5.74) is 0.177. The van der Waals surface area contributed by atoms with Gasteiger partial charge in [0.2, 0.25) is 0 Å². The number of hydrogen-bond acceptors (Lipinski definition) is 4. The van der Waals surface area contributed by atoms with Crippen LogP contribution in [0.15, 0.2) is 12.1 Å². The van der Waals surface area contributed by atoms with Gasteiger partial charge in [0.25, 0.3) is 0 Å². The number of hydrogen-bond donors (Lipinski definition) is 1. The van der Waals surface area contributed by atoms with Crippen LogP contribution in [0.5, 0.6) is 0 Å². The number of carboxylic acids is 1. The number of carboxylic acid groups (broad SMARTS) is 1. The van der Waals surface area contributed by atoms with E-state index >= 15 is 0 Å². The van der Waals surface area contributed by atoms with Crippen molar-refractivity contribution < 1.29 is 14.6 Å². The van der Waals surface area contributed by atoms with Crippen molar-refractivity contribution in [2.75, 3.05) is 25.1 Å². The SMILES string of the molecule is COC1CCCN(c2nc(Cl)ccc2C(=O)O)C1. The van der Waals surface area contributed by atoms with Crippen molar-refractivity contribution in [2.24, 2.45) is 0 Å². The Hall–Kier alpha value is -1.33. The van der Waals surface area contributed by atoms with Crippen LogP contribution in [-0.2, 0) is 4.74 Å². The third-order valence-electron chi connectivity index (χ3n) is 3.08. The first kappa shape index (κ1) is 13.1. The summed E-state index contributed by atoms with van der Waals surface area (Å²) in [6.45, 7) is 1.41. The molecule has 1 aromatic rings. The molecule has 2 heterocycles. The minimum Gasteiger partial charge on any atom is -0.478 e. The highest BCUT2D eigenvalue weighted by atomic mass is 35.5. The Balaban J connectivity index is 2.31. The third-order valence-corrected chi connectivity index (χ3v) is 3.29. The molecule has 98 valence electrons. The van der Waals surface area contributed by atoms with Gasteiger partial charge in [0.05, 0.1) is 6.10 Å². The van der Waals surface area contributed by atoms with Crippen LogP contribution in [0.2, 0.25) is 5.15 Å². The summed E-state index contributed by atoms with van der Waals surface area (Å²) in [5.74, 6) is -0.564. The maximum Gasteiger partial charge on any atom is 0.339 e. The number of methoxy groups -OCH3 is 1. The number of carbonyl (C=O) groups is 1. The lowest BCUT2D eigenvalue weighted by Crippen LogP contribution is -2.40. The smallest absolute Gasteiger partial charge is 0.339 e. The van der Waals surface area contributed by atoms with Crippen molar-refractivity contribution in [1.82, 2.24) is 4.98 Å². The molecule has 6 heteroatoms. The molecular weight excluding hydrogens is 256 g/mol. The second kappa shape index (κ2) is 5.54. The molecule has 0 amide bonds. The van der Waals surface area contributed by atoms with Gasteiger partial charge in [-0.05, 0) is 25.0 Å². The Morgan fingerprint density at radius 3 is 3.06 bits per heavy atom. The lowest BCUT2D eigenvalue weighted by molar-refractivity contribution is 0.0694. The summed E-state index contributed by atoms with van der Waals surface area (Å²) in [7, 11) is 1.66. The first-order valence-electron chi connectivity index (χ1n) is 5.79. The van der Waals surface area contributed by atoms with Crippen molar-refractivity contribution in [2.45, 2.75) is 18.9 Å². The van der Waals surface area contributed by atoms with Crippen LogP contribution in [0.1, 0.15) is 23.2 Å². The molecule has 0 spiro atoms. The molecule has 1 aliphatic rings. The fourth-order valence-electron chi connectivity index (χ4n) is 2.16. The molecule has 1 N–H and O–H groups in total. The van der Waals surface area contributed by atoms with E-state index in [0.717, 1.165) is 19.4 Å². The van der Waals surface area contributed by atoms with Gasteiger partial charge in [-0.1, -0.05) is 11.6 Å². The minimum atomic E-state index is -0.992. The number of ether oxygens (including phenoxy) is 1. The molecule has 1 fully saturated rings. The Morgan fingerprint density at radius 1 is 1.61 bits per heavy atom. The van der Waals surface area contributed by atoms with E-state index in [9.17, 15) is 4.79 Å². The monoisotopic (exact) mass is 270 g/mol. The van der Waals surface area contributed by atoms with Crippen LogP contribution in [0.3, 0.4) is 0 Å². The van der Waals surface area contributed by atoms with E-state index in [0.29, 0.717) is 17.5 Å². The van der Waals surface area contributed by atoms with Gasteiger partial charge in [0.15, 0.2) is 0 Å². The summed E-state index contributed by atoms with van der Waals surface area (Å²) >= 11 is 5.85. The van der Waals surface area contributed by atoms with Crippen LogP contribution >= 0.6 is 11.6 Å². The van der Waals surface area contributed by atoms with Gasteiger partial charge < -0.3 is 14.7 Å². The number of aromatic nitrogens is 1. The number of pyridine rings is 1. The number of rotatable bonds is 3. The summed E-state index contributed by atoms with van der Waals surface area (Å²) in [6, 6.07) is 2.98. The molecule has 0 saturated carbocycles. The summed E-state index contributed by atoms with van der Waals surface area (Å²) in [4.78, 5) is 17.3. The summed E-state index contributed by atoms with van der Waals surface area (Å²) in [6.07, 6.45) is 2.04. The Morgan fingerprint density at radius 2 is 2.39 bits per heavy atom. The van der Waals surface area contributed by atoms with Crippen molar-refractivity contribution in [3.63, 3.8) is 0 Å². The summed E-state index contributed by atoms with van der Waals surface area (Å²) in [5, 5.41) is 9.47. The van der Waals surface area contributed by atoms with E-state index < -0.39 is 5.97 Å². The molecule has 18 heavy (non-hydrogen) atoms. The predicted octanol–water partition coefficient (Wildman–Crippen LogP) is 2.05. The van der Waals surface area contributed by atoms with Crippen LogP contribution < -0.4 is 4.90 Å². The fourth-order valence-corrected chi connectivity index (χ4v) is 2.30. The predicted molar refractivity (Wildman–Crippen MR) is 68.5 cm³/mol. The van der Waals surface area contributed by atoms with Gasteiger partial charge in [-0.3, -0.25) is 0 Å². The first-order chi connectivity index (χ1) is 8.61. The highest BCUT2D eigenvalue weighted by molar-refractivity contribution is 6.29. The molecule has 1 aliphatic heterocycles. The van der Waals surface area contributed by atoms with E-state index in [-0.39, 0.29) is 11.7 Å². The van der Waals surface area contributed by atoms with Crippen molar-refractivity contribution >= 4 is 23.4 Å². The molecule has 1 saturated heterocycles. The number of anilines is 1. The summed E-state index contributed by atoms with van der Waals surface area (Å²) < 4.78 is 5.32. The van der Waals surface area contributed by atoms with Crippen molar-refractivity contribution in [1.29, 1.82) is 0 Å². The van der Waals surface area contributed by atoms with Crippen LogP contribution in [0, 0.1) is 0 Å². The van der Waals surface area contributed by atoms with Gasteiger partial charge in [0.1, 0.15) is 16.5 Å². The lowest BCUT2D eigenvalue weighted by Gasteiger charge is -2.33. The van der Waals surface area contributed by atoms with E-state index in [1.165, 1.54) is 12.1 Å². The molecule has 0 aliphatic carbocycles. The second-order valence-corrected chi connectivity index (χ2v) is 4.64. The van der Waals surface area contributed by atoms with E-state index in [1.807, 2.05) is 4.90 Å². The van der Waals surface area contributed by atoms with Crippen LogP contribution in [0.4, 0.5) is 5.82 Å². The lowest BCUT2D eigenvalue weighted by atomic mass is 10.1. The van der Waals surface area contributed by atoms with Gasteiger partial charge in [0, 0.05) is 20.2 Å². The molecule has 1 aromatic heterocycles. The van der Waals surface area contributed by atoms with Crippen LogP contribution in [0.25, 0.3) is 0 Å². The van der Waals surface area contributed by atoms with E-state index in [4.69, 9.17) is 21.4 Å². The average molecular weight is 271 g/mol. The quantitative estimate of drug-likeness (QED) is 0.852. The number of aromatic carboxylic acids is 1. The number of piperidine rings is 1. The standard InChI is InChI=1S/C12H15ClN2O3/c1-18-8-3-2-6-15(7-8)11-9(12(16)17)4-5-10(13)14-11/h4-5,8H,2-3,6-7H2,1H3,(H,16,17). The highest BCUT2D eigenvalue weighted by Crippen LogP contribution is 2.25. The second-order valence-electron chi connectivity index (χ2n) is 4.26. The normalized spacial score (nSPS) is 19.9. The van der Waals surface area contributed by atoms with Crippen LogP contribution in [-0.4, -0.2) is 42.4 Å². The first-order valence-corrected chi connectivity index (χ1v) is 6.17. The van der Waals surface area contributed by atoms with Gasteiger partial charge in [-0.25, -0.2) is 9.78 Å². The van der Waals surface area contributed by atoms with Crippen molar-refractivity contribution in [3.8, 4) is 0 Å². The largest absolute Gasteiger partial charge is 0.478 e. The van der Waals surface area contributed by atoms with E-state index in [2.05, 4.69) is 4.98 Å². The minimum absolute atomic E-state index is 0.112. The zero-order chi connectivity index (χ0) is 13.1. The number of halogens is 1. The maximum absolute atomic E-state index is 11.2. The molecule has 5 nitrogen and oxygen atoms in total. The maximum atomic E-state index is 11.2. The topological polar surface area (TPSA) is 62.7 Å². The molecule has 0 aromatic carbocycles. The average Bonchev–Trinajstić information content (AvgIpc) is 2.38. The van der Waals surface area contributed by atoms with Gasteiger partial charge >= 0.3 is 5.97 Å². The van der Waals surface area contributed by atoms with E-state index in [1.54, 1.807) is 7.11 Å². The fraction of sp³-hybridized carbons (Fsp3) is 0.500. The molecule has 0 radical (unpaired) electrons. The third kappa shape index (κ3) is 2.73.